The van der Waals surface area contributed by atoms with Gasteiger partial charge in [-0.15, -0.1) is 11.3 Å². The first-order valence-corrected chi connectivity index (χ1v) is 9.83. The standard InChI is InChI=1S/C19H15ClN4O4S/c20-11-1-3-12(4-2-11)22-18(26)24-19-23-14(10-29-19)17(25)21-13-5-6-15-16(9-13)28-8-7-27-15/h1-6,9-10H,7-8H2,(H,21,25)(H2,22,23,24,26). The molecule has 8 nitrogen and oxygen atoms in total. The van der Waals surface area contributed by atoms with Gasteiger partial charge in [0.2, 0.25) is 0 Å². The maximum atomic E-state index is 12.4. The quantitative estimate of drug-likeness (QED) is 0.567. The number of carbonyl (C=O) groups is 2. The topological polar surface area (TPSA) is 102 Å². The van der Waals surface area contributed by atoms with E-state index in [2.05, 4.69) is 20.9 Å². The Morgan fingerprint density at radius 1 is 0.931 bits per heavy atom. The molecule has 1 aromatic heterocycles. The van der Waals surface area contributed by atoms with Gasteiger partial charge in [0.15, 0.2) is 16.6 Å². The first-order chi connectivity index (χ1) is 14.1. The minimum absolute atomic E-state index is 0.187. The summed E-state index contributed by atoms with van der Waals surface area (Å²) < 4.78 is 11.0. The molecule has 0 aliphatic carbocycles. The number of rotatable bonds is 4. The number of nitrogens with zero attached hydrogens (tertiary/aromatic N) is 1. The monoisotopic (exact) mass is 430 g/mol. The molecule has 4 rings (SSSR count). The molecular formula is C19H15ClN4O4S. The molecule has 3 aromatic rings. The Labute approximate surface area is 174 Å². The molecule has 1 aliphatic heterocycles. The van der Waals surface area contributed by atoms with E-state index >= 15 is 0 Å². The Morgan fingerprint density at radius 2 is 1.66 bits per heavy atom. The third-order valence-electron chi connectivity index (χ3n) is 3.86. The SMILES string of the molecule is O=C(Nc1ccc(Cl)cc1)Nc1nc(C(=O)Nc2ccc3c(c2)OCCO3)cs1. The number of thiazole rings is 1. The smallest absolute Gasteiger partial charge is 0.325 e. The lowest BCUT2D eigenvalue weighted by Gasteiger charge is -2.18. The highest BCUT2D eigenvalue weighted by Crippen LogP contribution is 2.32. The molecule has 0 spiro atoms. The molecule has 2 aromatic carbocycles. The second kappa shape index (κ2) is 8.38. The molecule has 0 saturated carbocycles. The van der Waals surface area contributed by atoms with Crippen LogP contribution in [0.25, 0.3) is 0 Å². The predicted octanol–water partition coefficient (Wildman–Crippen LogP) is 4.46. The minimum Gasteiger partial charge on any atom is -0.486 e. The zero-order valence-electron chi connectivity index (χ0n) is 14.9. The van der Waals surface area contributed by atoms with Gasteiger partial charge in [-0.05, 0) is 36.4 Å². The molecule has 29 heavy (non-hydrogen) atoms. The van der Waals surface area contributed by atoms with Gasteiger partial charge in [-0.3, -0.25) is 10.1 Å². The number of urea groups is 1. The van der Waals surface area contributed by atoms with E-state index in [1.807, 2.05) is 0 Å². The molecule has 10 heteroatoms. The van der Waals surface area contributed by atoms with Crippen LogP contribution in [0.4, 0.5) is 21.3 Å². The van der Waals surface area contributed by atoms with Crippen LogP contribution in [0.5, 0.6) is 11.5 Å². The number of hydrogen-bond acceptors (Lipinski definition) is 6. The number of nitrogens with one attached hydrogen (secondary N) is 3. The van der Waals surface area contributed by atoms with Gasteiger partial charge in [-0.2, -0.15) is 0 Å². The number of anilines is 3. The molecule has 3 N–H and O–H groups in total. The van der Waals surface area contributed by atoms with Crippen LogP contribution < -0.4 is 25.4 Å². The largest absolute Gasteiger partial charge is 0.486 e. The van der Waals surface area contributed by atoms with Crippen LogP contribution in [-0.4, -0.2) is 30.1 Å². The summed E-state index contributed by atoms with van der Waals surface area (Å²) in [5.41, 5.74) is 1.33. The molecule has 0 atom stereocenters. The van der Waals surface area contributed by atoms with Gasteiger partial charge in [0.25, 0.3) is 5.91 Å². The highest BCUT2D eigenvalue weighted by atomic mass is 35.5. The van der Waals surface area contributed by atoms with Crippen molar-refractivity contribution in [1.29, 1.82) is 0 Å². The number of carbonyl (C=O) groups excluding carboxylic acids is 2. The third-order valence-corrected chi connectivity index (χ3v) is 4.87. The fraction of sp³-hybridized carbons (Fsp3) is 0.105. The molecule has 1 aliphatic rings. The average Bonchev–Trinajstić information content (AvgIpc) is 3.18. The number of amides is 3. The van der Waals surface area contributed by atoms with Gasteiger partial charge < -0.3 is 20.1 Å². The predicted molar refractivity (Wildman–Crippen MR) is 112 cm³/mol. The van der Waals surface area contributed by atoms with Crippen molar-refractivity contribution in [1.82, 2.24) is 4.98 Å². The zero-order chi connectivity index (χ0) is 20.2. The van der Waals surface area contributed by atoms with Crippen LogP contribution in [-0.2, 0) is 0 Å². The van der Waals surface area contributed by atoms with Crippen LogP contribution >= 0.6 is 22.9 Å². The van der Waals surface area contributed by atoms with Crippen molar-refractivity contribution < 1.29 is 19.1 Å². The van der Waals surface area contributed by atoms with Crippen molar-refractivity contribution in [3.8, 4) is 11.5 Å². The van der Waals surface area contributed by atoms with Gasteiger partial charge in [0.1, 0.15) is 18.9 Å². The normalized spacial score (nSPS) is 12.2. The summed E-state index contributed by atoms with van der Waals surface area (Å²) in [6, 6.07) is 11.4. The number of ether oxygens (including phenoxy) is 2. The first-order valence-electron chi connectivity index (χ1n) is 8.57. The Morgan fingerprint density at radius 3 is 2.45 bits per heavy atom. The molecular weight excluding hydrogens is 416 g/mol. The first kappa shape index (κ1) is 19.0. The molecule has 0 unspecified atom stereocenters. The van der Waals surface area contributed by atoms with Crippen LogP contribution in [0.15, 0.2) is 47.8 Å². The van der Waals surface area contributed by atoms with E-state index in [0.29, 0.717) is 46.2 Å². The van der Waals surface area contributed by atoms with E-state index in [-0.39, 0.29) is 5.69 Å². The van der Waals surface area contributed by atoms with E-state index in [4.69, 9.17) is 21.1 Å². The van der Waals surface area contributed by atoms with Crippen LogP contribution in [0, 0.1) is 0 Å². The number of hydrogen-bond donors (Lipinski definition) is 3. The molecule has 0 saturated heterocycles. The highest BCUT2D eigenvalue weighted by Gasteiger charge is 2.16. The van der Waals surface area contributed by atoms with Crippen molar-refractivity contribution >= 4 is 51.4 Å². The van der Waals surface area contributed by atoms with Crippen molar-refractivity contribution in [3.63, 3.8) is 0 Å². The molecule has 148 valence electrons. The maximum Gasteiger partial charge on any atom is 0.325 e. The molecule has 2 heterocycles. The summed E-state index contributed by atoms with van der Waals surface area (Å²) in [7, 11) is 0. The van der Waals surface area contributed by atoms with Crippen molar-refractivity contribution in [2.75, 3.05) is 29.2 Å². The maximum absolute atomic E-state index is 12.4. The molecule has 0 bridgehead atoms. The lowest BCUT2D eigenvalue weighted by molar-refractivity contribution is 0.102. The Kier molecular flexibility index (Phi) is 5.50. The van der Waals surface area contributed by atoms with Gasteiger partial charge in [-0.1, -0.05) is 11.6 Å². The third kappa shape index (κ3) is 4.76. The summed E-state index contributed by atoms with van der Waals surface area (Å²) in [6.45, 7) is 0.961. The zero-order valence-corrected chi connectivity index (χ0v) is 16.5. The van der Waals surface area contributed by atoms with E-state index in [9.17, 15) is 9.59 Å². The summed E-state index contributed by atoms with van der Waals surface area (Å²) >= 11 is 6.96. The van der Waals surface area contributed by atoms with Crippen molar-refractivity contribution in [2.45, 2.75) is 0 Å². The van der Waals surface area contributed by atoms with Crippen LogP contribution in [0.3, 0.4) is 0 Å². The van der Waals surface area contributed by atoms with E-state index in [1.165, 1.54) is 0 Å². The van der Waals surface area contributed by atoms with Gasteiger partial charge in [-0.25, -0.2) is 9.78 Å². The number of fused-ring (bicyclic) bond motifs is 1. The van der Waals surface area contributed by atoms with Gasteiger partial charge >= 0.3 is 6.03 Å². The number of halogens is 1. The van der Waals surface area contributed by atoms with Gasteiger partial charge in [0.05, 0.1) is 0 Å². The number of aromatic nitrogens is 1. The average molecular weight is 431 g/mol. The lowest BCUT2D eigenvalue weighted by Crippen LogP contribution is -2.19. The highest BCUT2D eigenvalue weighted by molar-refractivity contribution is 7.14. The summed E-state index contributed by atoms with van der Waals surface area (Å²) in [6.07, 6.45) is 0. The summed E-state index contributed by atoms with van der Waals surface area (Å²) in [4.78, 5) is 28.6. The van der Waals surface area contributed by atoms with E-state index < -0.39 is 11.9 Å². The van der Waals surface area contributed by atoms with Gasteiger partial charge in [0, 0.05) is 27.8 Å². The second-order valence-electron chi connectivity index (χ2n) is 5.94. The molecule has 3 amide bonds. The molecule has 0 fully saturated rings. The second-order valence-corrected chi connectivity index (χ2v) is 7.23. The van der Waals surface area contributed by atoms with E-state index in [0.717, 1.165) is 11.3 Å². The fourth-order valence-corrected chi connectivity index (χ4v) is 3.36. The summed E-state index contributed by atoms with van der Waals surface area (Å²) in [5, 5.41) is 10.4. The summed E-state index contributed by atoms with van der Waals surface area (Å²) in [5.74, 6) is 0.818. The van der Waals surface area contributed by atoms with Crippen molar-refractivity contribution in [3.05, 3.63) is 58.6 Å². The minimum atomic E-state index is -0.472. The Bertz CT molecular complexity index is 1050. The molecule has 0 radical (unpaired) electrons. The van der Waals surface area contributed by atoms with Crippen LogP contribution in [0.2, 0.25) is 5.02 Å². The van der Waals surface area contributed by atoms with E-state index in [1.54, 1.807) is 47.8 Å². The van der Waals surface area contributed by atoms with Crippen LogP contribution in [0.1, 0.15) is 10.5 Å². The Balaban J connectivity index is 1.36. The lowest BCUT2D eigenvalue weighted by atomic mass is 10.2. The number of benzene rings is 2. The fourth-order valence-electron chi connectivity index (χ4n) is 2.54. The van der Waals surface area contributed by atoms with Crippen molar-refractivity contribution in [2.24, 2.45) is 0 Å². The Hall–Kier alpha value is -3.30.